The van der Waals surface area contributed by atoms with Crippen LogP contribution in [0.1, 0.15) is 35.2 Å². The van der Waals surface area contributed by atoms with Crippen LogP contribution in [-0.2, 0) is 19.2 Å². The number of amides is 1. The Balaban J connectivity index is 1.91. The number of ketones is 4. The third kappa shape index (κ3) is 2.51. The molecule has 0 spiro atoms. The summed E-state index contributed by atoms with van der Waals surface area (Å²) in [5.74, 6) is -13.9. The first-order chi connectivity index (χ1) is 15.0. The maximum Gasteiger partial charge on any atom is 0.235 e. The normalized spacial score (nSPS) is 36.0. The van der Waals surface area contributed by atoms with Gasteiger partial charge in [-0.25, -0.2) is 0 Å². The van der Waals surface area contributed by atoms with Crippen LogP contribution in [0.2, 0.25) is 0 Å². The van der Waals surface area contributed by atoms with Crippen LogP contribution in [0.15, 0.2) is 17.2 Å². The molecule has 3 aliphatic carbocycles. The smallest absolute Gasteiger partial charge is 0.235 e. The molecule has 0 aliphatic heterocycles. The quantitative estimate of drug-likeness (QED) is 0.207. The second-order valence-corrected chi connectivity index (χ2v) is 8.39. The molecule has 12 heteroatoms. The lowest BCUT2D eigenvalue weighted by atomic mass is 9.50. The Morgan fingerprint density at radius 2 is 1.91 bits per heavy atom. The summed E-state index contributed by atoms with van der Waals surface area (Å²) in [4.78, 5) is 66.2. The van der Waals surface area contributed by atoms with Crippen molar-refractivity contribution in [1.29, 1.82) is 0 Å². The molecule has 0 saturated heterocycles. The number of carbonyl (C=O) groups excluding carboxylic acids is 5. The fourth-order valence-electron chi connectivity index (χ4n) is 5.47. The Bertz CT molecular complexity index is 1170. The molecule has 4 rings (SSSR count). The molecular weight excluding hydrogens is 424 g/mol. The SMILES string of the molecule is C[C@@H]1c2ccc(N=[N+]=[N-])c(O)c2C(=O)C2C(=O)[C@]3(O)C(=O)C(C(N)=O)C(=O)C[C@@H]3[C@@H](O)[C@@H]21. The number of nitrogens with zero attached hydrogens (tertiary/aromatic N) is 3. The van der Waals surface area contributed by atoms with Gasteiger partial charge in [0.2, 0.25) is 5.91 Å². The van der Waals surface area contributed by atoms with Gasteiger partial charge in [-0.05, 0) is 23.1 Å². The highest BCUT2D eigenvalue weighted by molar-refractivity contribution is 6.31. The molecule has 1 aromatic rings. The van der Waals surface area contributed by atoms with E-state index < -0.39 is 82.5 Å². The highest BCUT2D eigenvalue weighted by Gasteiger charge is 2.69. The lowest BCUT2D eigenvalue weighted by Gasteiger charge is -2.52. The van der Waals surface area contributed by atoms with Gasteiger partial charge in [0.25, 0.3) is 0 Å². The van der Waals surface area contributed by atoms with Crippen LogP contribution in [0.4, 0.5) is 5.69 Å². The fraction of sp³-hybridized carbons (Fsp3) is 0.450. The lowest BCUT2D eigenvalue weighted by molar-refractivity contribution is -0.189. The van der Waals surface area contributed by atoms with Crippen molar-refractivity contribution in [2.45, 2.75) is 31.0 Å². The van der Waals surface area contributed by atoms with Crippen molar-refractivity contribution >= 4 is 34.7 Å². The Kier molecular flexibility index (Phi) is 4.70. The molecule has 1 amide bonds. The van der Waals surface area contributed by atoms with Gasteiger partial charge >= 0.3 is 0 Å². The minimum absolute atomic E-state index is 0.265. The molecule has 2 unspecified atom stereocenters. The molecule has 2 saturated carbocycles. The van der Waals surface area contributed by atoms with Crippen LogP contribution in [0.3, 0.4) is 0 Å². The predicted octanol–water partition coefficient (Wildman–Crippen LogP) is -0.200. The number of hydrogen-bond acceptors (Lipinski definition) is 9. The van der Waals surface area contributed by atoms with Crippen molar-refractivity contribution in [1.82, 2.24) is 0 Å². The zero-order valence-corrected chi connectivity index (χ0v) is 16.6. The molecular formula is C20H18N4O8. The van der Waals surface area contributed by atoms with Gasteiger partial charge in [-0.1, -0.05) is 18.1 Å². The van der Waals surface area contributed by atoms with Gasteiger partial charge in [0, 0.05) is 23.2 Å². The van der Waals surface area contributed by atoms with Crippen LogP contribution in [0, 0.1) is 23.7 Å². The number of phenolic OH excluding ortho intramolecular Hbond substituents is 1. The maximum absolute atomic E-state index is 13.4. The number of aliphatic hydroxyl groups excluding tert-OH is 1. The fourth-order valence-corrected chi connectivity index (χ4v) is 5.47. The average molecular weight is 442 g/mol. The maximum atomic E-state index is 13.4. The van der Waals surface area contributed by atoms with Gasteiger partial charge in [-0.3, -0.25) is 24.0 Å². The number of phenols is 1. The highest BCUT2D eigenvalue weighted by Crippen LogP contribution is 2.54. The van der Waals surface area contributed by atoms with E-state index in [0.717, 1.165) is 0 Å². The van der Waals surface area contributed by atoms with Gasteiger partial charge in [-0.2, -0.15) is 0 Å². The number of primary amides is 1. The number of fused-ring (bicyclic) bond motifs is 3. The first kappa shape index (κ1) is 21.6. The van der Waals surface area contributed by atoms with Crippen LogP contribution in [-0.4, -0.2) is 56.1 Å². The first-order valence-corrected chi connectivity index (χ1v) is 9.74. The molecule has 0 aromatic heterocycles. The molecule has 7 atom stereocenters. The largest absolute Gasteiger partial charge is 0.507 e. The molecule has 3 aliphatic rings. The van der Waals surface area contributed by atoms with E-state index in [2.05, 4.69) is 10.0 Å². The van der Waals surface area contributed by atoms with Gasteiger partial charge in [-0.15, -0.1) is 0 Å². The number of carbonyl (C=O) groups is 5. The third-order valence-corrected chi connectivity index (χ3v) is 6.99. The van der Waals surface area contributed by atoms with Crippen LogP contribution in [0.25, 0.3) is 10.4 Å². The molecule has 5 N–H and O–H groups in total. The zero-order valence-electron chi connectivity index (χ0n) is 16.6. The summed E-state index contributed by atoms with van der Waals surface area (Å²) in [6.07, 6.45) is -2.28. The number of nitrogens with two attached hydrogens (primary N) is 1. The summed E-state index contributed by atoms with van der Waals surface area (Å²) in [6.45, 7) is 1.58. The summed E-state index contributed by atoms with van der Waals surface area (Å²) in [5.41, 5.74) is 10.5. The van der Waals surface area contributed by atoms with Crippen molar-refractivity contribution in [3.8, 4) is 5.75 Å². The third-order valence-electron chi connectivity index (χ3n) is 6.99. The number of aromatic hydroxyl groups is 1. The Morgan fingerprint density at radius 3 is 2.50 bits per heavy atom. The molecule has 0 heterocycles. The molecule has 2 fully saturated rings. The van der Waals surface area contributed by atoms with Crippen molar-refractivity contribution in [3.63, 3.8) is 0 Å². The monoisotopic (exact) mass is 442 g/mol. The van der Waals surface area contributed by atoms with Crippen molar-refractivity contribution in [3.05, 3.63) is 33.7 Å². The number of benzene rings is 1. The van der Waals surface area contributed by atoms with E-state index in [4.69, 9.17) is 11.3 Å². The first-order valence-electron chi connectivity index (χ1n) is 9.74. The van der Waals surface area contributed by atoms with E-state index in [1.807, 2.05) is 0 Å². The standard InChI is InChI=1S/C20H18N4O8/c1-5-6-2-3-8(23-24-22)15(27)11(6)16(28)13-10(5)14(26)7-4-9(25)12(19(21)31)17(29)20(7,32)18(13)30/h2-3,5,7,10,12-14,26-27,32H,4H2,1H3,(H2,21,31)/t5-,7-,10-,12?,13?,14-,20-/m1/s1. The number of Topliss-reactive ketones (excluding diaryl/α,β-unsaturated/α-hetero) is 4. The molecule has 166 valence electrons. The summed E-state index contributed by atoms with van der Waals surface area (Å²) >= 11 is 0. The highest BCUT2D eigenvalue weighted by atomic mass is 16.3. The second-order valence-electron chi connectivity index (χ2n) is 8.39. The van der Waals surface area contributed by atoms with Crippen molar-refractivity contribution in [2.24, 2.45) is 34.5 Å². The van der Waals surface area contributed by atoms with Crippen molar-refractivity contribution < 1.29 is 39.3 Å². The van der Waals surface area contributed by atoms with E-state index in [0.29, 0.717) is 0 Å². The van der Waals surface area contributed by atoms with E-state index in [1.54, 1.807) is 6.92 Å². The number of azide groups is 1. The topological polar surface area (TPSA) is 221 Å². The molecule has 1 aromatic carbocycles. The number of hydrogen-bond donors (Lipinski definition) is 4. The summed E-state index contributed by atoms with van der Waals surface area (Å²) < 4.78 is 0. The minimum Gasteiger partial charge on any atom is -0.507 e. The van der Waals surface area contributed by atoms with Crippen LogP contribution in [0.5, 0.6) is 5.75 Å². The van der Waals surface area contributed by atoms with E-state index in [-0.39, 0.29) is 16.8 Å². The Labute approximate surface area is 179 Å². The molecule has 0 bridgehead atoms. The molecule has 0 radical (unpaired) electrons. The minimum atomic E-state index is -2.97. The average Bonchev–Trinajstić information content (AvgIpc) is 2.72. The molecule has 32 heavy (non-hydrogen) atoms. The van der Waals surface area contributed by atoms with Gasteiger partial charge in [0.1, 0.15) is 5.75 Å². The number of rotatable bonds is 2. The van der Waals surface area contributed by atoms with E-state index >= 15 is 0 Å². The lowest BCUT2D eigenvalue weighted by Crippen LogP contribution is -2.72. The Morgan fingerprint density at radius 1 is 1.25 bits per heavy atom. The molecule has 12 nitrogen and oxygen atoms in total. The van der Waals surface area contributed by atoms with Crippen LogP contribution >= 0.6 is 0 Å². The second kappa shape index (κ2) is 6.95. The summed E-state index contributed by atoms with van der Waals surface area (Å²) in [5, 5.41) is 36.0. The van der Waals surface area contributed by atoms with Gasteiger partial charge < -0.3 is 21.1 Å². The summed E-state index contributed by atoms with van der Waals surface area (Å²) in [6, 6.07) is 2.69. The van der Waals surface area contributed by atoms with Gasteiger partial charge in [0.15, 0.2) is 34.7 Å². The number of aliphatic hydroxyl groups is 2. The van der Waals surface area contributed by atoms with Crippen molar-refractivity contribution in [2.75, 3.05) is 0 Å². The summed E-state index contributed by atoms with van der Waals surface area (Å²) in [7, 11) is 0. The predicted molar refractivity (Wildman–Crippen MR) is 103 cm³/mol. The van der Waals surface area contributed by atoms with E-state index in [9.17, 15) is 39.3 Å². The Hall–Kier alpha value is -3.60. The van der Waals surface area contributed by atoms with E-state index in [1.165, 1.54) is 12.1 Å². The van der Waals surface area contributed by atoms with Crippen LogP contribution < -0.4 is 5.73 Å². The van der Waals surface area contributed by atoms with Gasteiger partial charge in [0.05, 0.1) is 23.3 Å². The zero-order chi connectivity index (χ0) is 23.7.